The largest absolute Gasteiger partial charge is 0.480 e. The van der Waals surface area contributed by atoms with Gasteiger partial charge in [-0.1, -0.05) is 12.1 Å². The molecule has 0 radical (unpaired) electrons. The standard InChI is InChI=1S/C13H13F2NO4/c14-9-3-1-2-7(12(9)15)4-11(18)16-6-8(17)5-10(16)13(19)20/h1-3,8,10,17H,4-6H2,(H,19,20)/t8-,10-/m0/s1. The van der Waals surface area contributed by atoms with Crippen LogP contribution in [0.1, 0.15) is 12.0 Å². The van der Waals surface area contributed by atoms with Crippen LogP contribution in [0.25, 0.3) is 0 Å². The zero-order valence-electron chi connectivity index (χ0n) is 10.4. The van der Waals surface area contributed by atoms with Crippen molar-refractivity contribution < 1.29 is 28.6 Å². The first-order valence-corrected chi connectivity index (χ1v) is 6.03. The second-order valence-electron chi connectivity index (χ2n) is 4.68. The second kappa shape index (κ2) is 5.54. The van der Waals surface area contributed by atoms with Crippen LogP contribution in [0.2, 0.25) is 0 Å². The van der Waals surface area contributed by atoms with Gasteiger partial charge in [-0.05, 0) is 6.07 Å². The van der Waals surface area contributed by atoms with Crippen molar-refractivity contribution in [1.29, 1.82) is 0 Å². The minimum atomic E-state index is -1.23. The lowest BCUT2D eigenvalue weighted by Crippen LogP contribution is -2.41. The van der Waals surface area contributed by atoms with Gasteiger partial charge in [0.15, 0.2) is 11.6 Å². The molecule has 108 valence electrons. The van der Waals surface area contributed by atoms with Crippen LogP contribution in [0.15, 0.2) is 18.2 Å². The van der Waals surface area contributed by atoms with E-state index in [0.717, 1.165) is 11.0 Å². The lowest BCUT2D eigenvalue weighted by Gasteiger charge is -2.21. The molecule has 0 aliphatic carbocycles. The van der Waals surface area contributed by atoms with Gasteiger partial charge in [0.05, 0.1) is 12.5 Å². The quantitative estimate of drug-likeness (QED) is 0.850. The zero-order valence-corrected chi connectivity index (χ0v) is 10.4. The van der Waals surface area contributed by atoms with E-state index in [0.29, 0.717) is 0 Å². The number of rotatable bonds is 3. The van der Waals surface area contributed by atoms with E-state index in [-0.39, 0.29) is 18.5 Å². The number of aliphatic hydroxyl groups excluding tert-OH is 1. The number of β-amino-alcohol motifs (C(OH)–C–C–N with tert-alkyl or cyclic N) is 1. The normalized spacial score (nSPS) is 22.1. The zero-order chi connectivity index (χ0) is 14.9. The van der Waals surface area contributed by atoms with Gasteiger partial charge in [0.1, 0.15) is 6.04 Å². The maximum atomic E-state index is 13.5. The molecule has 0 unspecified atom stereocenters. The Morgan fingerprint density at radius 1 is 1.35 bits per heavy atom. The molecule has 2 atom stereocenters. The number of amides is 1. The highest BCUT2D eigenvalue weighted by Gasteiger charge is 2.38. The van der Waals surface area contributed by atoms with E-state index in [1.807, 2.05) is 0 Å². The van der Waals surface area contributed by atoms with Gasteiger partial charge in [0, 0.05) is 18.5 Å². The predicted octanol–water partition coefficient (Wildman–Crippen LogP) is 0.554. The summed E-state index contributed by atoms with van der Waals surface area (Å²) in [6, 6.07) is 2.34. The molecular weight excluding hydrogens is 272 g/mol. The molecule has 5 nitrogen and oxygen atoms in total. The molecular formula is C13H13F2NO4. The van der Waals surface area contributed by atoms with Gasteiger partial charge in [0.25, 0.3) is 0 Å². The third kappa shape index (κ3) is 2.77. The Bertz CT molecular complexity index is 549. The van der Waals surface area contributed by atoms with Crippen LogP contribution in [0.5, 0.6) is 0 Å². The fourth-order valence-electron chi connectivity index (χ4n) is 2.27. The Morgan fingerprint density at radius 3 is 2.70 bits per heavy atom. The Morgan fingerprint density at radius 2 is 2.05 bits per heavy atom. The molecule has 0 spiro atoms. The molecule has 0 aromatic heterocycles. The summed E-state index contributed by atoms with van der Waals surface area (Å²) in [6.07, 6.45) is -1.43. The summed E-state index contributed by atoms with van der Waals surface area (Å²) in [7, 11) is 0. The first-order valence-electron chi connectivity index (χ1n) is 6.03. The Kier molecular flexibility index (Phi) is 3.99. The van der Waals surface area contributed by atoms with E-state index < -0.39 is 42.1 Å². The molecule has 1 aliphatic rings. The lowest BCUT2D eigenvalue weighted by atomic mass is 10.1. The van der Waals surface area contributed by atoms with Crippen molar-refractivity contribution in [2.45, 2.75) is 25.0 Å². The van der Waals surface area contributed by atoms with Crippen LogP contribution >= 0.6 is 0 Å². The van der Waals surface area contributed by atoms with Gasteiger partial charge < -0.3 is 15.1 Å². The Hall–Kier alpha value is -2.02. The number of hydrogen-bond acceptors (Lipinski definition) is 3. The average molecular weight is 285 g/mol. The van der Waals surface area contributed by atoms with Gasteiger partial charge in [-0.3, -0.25) is 4.79 Å². The molecule has 1 amide bonds. The highest BCUT2D eigenvalue weighted by atomic mass is 19.2. The van der Waals surface area contributed by atoms with Crippen LogP contribution in [0.3, 0.4) is 0 Å². The number of carbonyl (C=O) groups excluding carboxylic acids is 1. The first-order chi connectivity index (χ1) is 9.40. The molecule has 1 fully saturated rings. The van der Waals surface area contributed by atoms with Crippen LogP contribution in [-0.4, -0.2) is 45.7 Å². The van der Waals surface area contributed by atoms with Crippen molar-refractivity contribution in [2.75, 3.05) is 6.54 Å². The van der Waals surface area contributed by atoms with Gasteiger partial charge in [-0.25, -0.2) is 13.6 Å². The number of benzene rings is 1. The van der Waals surface area contributed by atoms with Crippen molar-refractivity contribution in [3.63, 3.8) is 0 Å². The third-order valence-corrected chi connectivity index (χ3v) is 3.26. The molecule has 1 aromatic carbocycles. The predicted molar refractivity (Wildman–Crippen MR) is 63.8 cm³/mol. The van der Waals surface area contributed by atoms with E-state index in [2.05, 4.69) is 0 Å². The van der Waals surface area contributed by atoms with Gasteiger partial charge in [-0.15, -0.1) is 0 Å². The number of nitrogens with zero attached hydrogens (tertiary/aromatic N) is 1. The molecule has 1 aromatic rings. The van der Waals surface area contributed by atoms with E-state index >= 15 is 0 Å². The summed E-state index contributed by atoms with van der Waals surface area (Å²) in [5, 5.41) is 18.4. The van der Waals surface area contributed by atoms with Crippen LogP contribution in [-0.2, 0) is 16.0 Å². The number of carboxylic acids is 1. The minimum absolute atomic E-state index is 0.0628. The minimum Gasteiger partial charge on any atom is -0.480 e. The summed E-state index contributed by atoms with van der Waals surface area (Å²) in [4.78, 5) is 24.0. The van der Waals surface area contributed by atoms with Crippen molar-refractivity contribution in [2.24, 2.45) is 0 Å². The molecule has 20 heavy (non-hydrogen) atoms. The molecule has 1 heterocycles. The van der Waals surface area contributed by atoms with E-state index in [1.54, 1.807) is 0 Å². The number of hydrogen-bond donors (Lipinski definition) is 2. The molecule has 2 N–H and O–H groups in total. The number of carbonyl (C=O) groups is 2. The van der Waals surface area contributed by atoms with Gasteiger partial charge in [-0.2, -0.15) is 0 Å². The summed E-state index contributed by atoms with van der Waals surface area (Å²) < 4.78 is 26.5. The summed E-state index contributed by atoms with van der Waals surface area (Å²) in [5.41, 5.74) is -0.138. The Labute approximate surface area is 113 Å². The summed E-state index contributed by atoms with van der Waals surface area (Å²) in [5.74, 6) is -4.06. The van der Waals surface area contributed by atoms with E-state index in [1.165, 1.54) is 12.1 Å². The van der Waals surface area contributed by atoms with Crippen molar-refractivity contribution in [1.82, 2.24) is 4.90 Å². The van der Waals surface area contributed by atoms with Crippen molar-refractivity contribution >= 4 is 11.9 Å². The smallest absolute Gasteiger partial charge is 0.326 e. The number of carboxylic acid groups (broad SMARTS) is 1. The van der Waals surface area contributed by atoms with Crippen LogP contribution in [0, 0.1) is 11.6 Å². The second-order valence-corrected chi connectivity index (χ2v) is 4.68. The molecule has 0 bridgehead atoms. The van der Waals surface area contributed by atoms with Gasteiger partial charge >= 0.3 is 5.97 Å². The monoisotopic (exact) mass is 285 g/mol. The fraction of sp³-hybridized carbons (Fsp3) is 0.385. The molecule has 7 heteroatoms. The molecule has 0 saturated carbocycles. The Balaban J connectivity index is 2.15. The lowest BCUT2D eigenvalue weighted by molar-refractivity contribution is -0.148. The maximum absolute atomic E-state index is 13.5. The van der Waals surface area contributed by atoms with Crippen LogP contribution in [0.4, 0.5) is 8.78 Å². The maximum Gasteiger partial charge on any atom is 0.326 e. The number of aliphatic carboxylic acids is 1. The van der Waals surface area contributed by atoms with E-state index in [4.69, 9.17) is 5.11 Å². The van der Waals surface area contributed by atoms with Crippen molar-refractivity contribution in [3.8, 4) is 0 Å². The summed E-state index contributed by atoms with van der Waals surface area (Å²) >= 11 is 0. The van der Waals surface area contributed by atoms with Gasteiger partial charge in [0.2, 0.25) is 5.91 Å². The molecule has 1 saturated heterocycles. The average Bonchev–Trinajstić information content (AvgIpc) is 2.77. The topological polar surface area (TPSA) is 77.8 Å². The number of halogens is 2. The number of aliphatic hydroxyl groups is 1. The SMILES string of the molecule is O=C(O)[C@@H]1C[C@H](O)CN1C(=O)Cc1cccc(F)c1F. The summed E-state index contributed by atoms with van der Waals surface area (Å²) in [6.45, 7) is -0.118. The third-order valence-electron chi connectivity index (χ3n) is 3.26. The highest BCUT2D eigenvalue weighted by molar-refractivity contribution is 5.85. The number of likely N-dealkylation sites (tertiary alicyclic amines) is 1. The van der Waals surface area contributed by atoms with Crippen molar-refractivity contribution in [3.05, 3.63) is 35.4 Å². The fourth-order valence-corrected chi connectivity index (χ4v) is 2.27. The van der Waals surface area contributed by atoms with E-state index in [9.17, 15) is 23.5 Å². The molecule has 1 aliphatic heterocycles. The highest BCUT2D eigenvalue weighted by Crippen LogP contribution is 2.20. The van der Waals surface area contributed by atoms with Crippen LogP contribution < -0.4 is 0 Å². The first kappa shape index (κ1) is 14.4. The molecule has 2 rings (SSSR count).